The molecule has 5 unspecified atom stereocenters. The van der Waals surface area contributed by atoms with Crippen LogP contribution >= 0.6 is 0 Å². The quantitative estimate of drug-likeness (QED) is 0.814. The summed E-state index contributed by atoms with van der Waals surface area (Å²) in [6.45, 7) is 3.54. The molecular weight excluding hydrogens is 354 g/mol. The van der Waals surface area contributed by atoms with Crippen molar-refractivity contribution in [1.82, 2.24) is 4.90 Å². The molecule has 2 heterocycles. The van der Waals surface area contributed by atoms with Crippen LogP contribution in [0.3, 0.4) is 0 Å². The lowest BCUT2D eigenvalue weighted by Gasteiger charge is -2.64. The molecular formula is C23H28NO4. The van der Waals surface area contributed by atoms with Crippen LogP contribution in [0.2, 0.25) is 0 Å². The lowest BCUT2D eigenvalue weighted by Crippen LogP contribution is -2.77. The normalized spacial score (nSPS) is 41.0. The zero-order valence-corrected chi connectivity index (χ0v) is 16.4. The standard InChI is InChI=1S/C23H28NO4/c1-14(25)27-18-8-9-23(26)19-12-16-6-3-7-17-20(16)22(23,21(18)28-17)10-11-24(19)13-15-4-2-5-15/h3,6,15,18-19,21,26H,2,4-5,8-13H2,1H3. The molecule has 0 aromatic heterocycles. The number of hydrogen-bond acceptors (Lipinski definition) is 5. The third-order valence-electron chi connectivity index (χ3n) is 8.38. The number of rotatable bonds is 3. The van der Waals surface area contributed by atoms with Crippen molar-refractivity contribution in [2.45, 2.75) is 81.1 Å². The van der Waals surface area contributed by atoms with Gasteiger partial charge in [0.2, 0.25) is 0 Å². The summed E-state index contributed by atoms with van der Waals surface area (Å²) in [5.41, 5.74) is 1.13. The smallest absolute Gasteiger partial charge is 0.303 e. The number of benzene rings is 1. The minimum atomic E-state index is -0.830. The van der Waals surface area contributed by atoms with Crippen LogP contribution in [0.4, 0.5) is 0 Å². The van der Waals surface area contributed by atoms with Gasteiger partial charge in [-0.3, -0.25) is 9.69 Å². The molecule has 3 aliphatic carbocycles. The van der Waals surface area contributed by atoms with Gasteiger partial charge in [-0.2, -0.15) is 0 Å². The zero-order valence-electron chi connectivity index (χ0n) is 16.4. The Morgan fingerprint density at radius 1 is 1.39 bits per heavy atom. The van der Waals surface area contributed by atoms with E-state index in [1.807, 2.05) is 6.07 Å². The maximum absolute atomic E-state index is 12.3. The van der Waals surface area contributed by atoms with Gasteiger partial charge in [0.1, 0.15) is 18.0 Å². The predicted octanol–water partition coefficient (Wildman–Crippen LogP) is 2.37. The minimum Gasteiger partial charge on any atom is -0.485 e. The predicted molar refractivity (Wildman–Crippen MR) is 102 cm³/mol. The Morgan fingerprint density at radius 2 is 2.25 bits per heavy atom. The van der Waals surface area contributed by atoms with Gasteiger partial charge < -0.3 is 14.6 Å². The highest BCUT2D eigenvalue weighted by Crippen LogP contribution is 2.64. The molecule has 1 aromatic rings. The molecule has 5 atom stereocenters. The minimum absolute atomic E-state index is 0.118. The third-order valence-corrected chi connectivity index (χ3v) is 8.38. The number of nitrogens with zero attached hydrogens (tertiary/aromatic N) is 1. The summed E-state index contributed by atoms with van der Waals surface area (Å²) in [5.74, 6) is 1.28. The first kappa shape index (κ1) is 17.3. The number of hydrogen-bond donors (Lipinski definition) is 1. The highest BCUT2D eigenvalue weighted by atomic mass is 16.6. The molecule has 0 amide bonds. The van der Waals surface area contributed by atoms with E-state index in [-0.39, 0.29) is 24.2 Å². The van der Waals surface area contributed by atoms with Crippen LogP contribution in [-0.2, 0) is 21.4 Å². The molecule has 2 bridgehead atoms. The van der Waals surface area contributed by atoms with Crippen molar-refractivity contribution in [2.24, 2.45) is 5.92 Å². The number of esters is 1. The molecule has 1 aromatic carbocycles. The Labute approximate surface area is 166 Å². The van der Waals surface area contributed by atoms with Gasteiger partial charge in [-0.1, -0.05) is 18.6 Å². The number of aliphatic hydroxyl groups is 1. The van der Waals surface area contributed by atoms with Gasteiger partial charge in [0.25, 0.3) is 0 Å². The molecule has 3 fully saturated rings. The summed E-state index contributed by atoms with van der Waals surface area (Å²) in [6, 6.07) is 7.48. The molecule has 2 saturated carbocycles. The van der Waals surface area contributed by atoms with Crippen molar-refractivity contribution >= 4 is 5.97 Å². The fraction of sp³-hybridized carbons (Fsp3) is 0.696. The van der Waals surface area contributed by atoms with Crippen LogP contribution in [-0.4, -0.2) is 52.9 Å². The van der Waals surface area contributed by atoms with Crippen molar-refractivity contribution in [1.29, 1.82) is 0 Å². The van der Waals surface area contributed by atoms with Crippen molar-refractivity contribution in [3.63, 3.8) is 0 Å². The SMILES string of the molecule is CC(=O)OC1CCC2(O)C3Cc4cc[c]c5c4C2(CCN3CC2CCC2)C1O5. The first-order chi connectivity index (χ1) is 13.5. The van der Waals surface area contributed by atoms with Crippen LogP contribution in [0.1, 0.15) is 56.6 Å². The van der Waals surface area contributed by atoms with Gasteiger partial charge in [-0.15, -0.1) is 0 Å². The molecule has 5 heteroatoms. The second kappa shape index (κ2) is 5.73. The van der Waals surface area contributed by atoms with E-state index in [0.29, 0.717) is 12.8 Å². The van der Waals surface area contributed by atoms with E-state index in [0.717, 1.165) is 43.2 Å². The van der Waals surface area contributed by atoms with Crippen LogP contribution in [0.15, 0.2) is 12.1 Å². The number of carbonyl (C=O) groups is 1. The van der Waals surface area contributed by atoms with Crippen molar-refractivity contribution < 1.29 is 19.4 Å². The molecule has 6 rings (SSSR count). The second-order valence-electron chi connectivity index (χ2n) is 9.59. The Hall–Kier alpha value is -1.59. The van der Waals surface area contributed by atoms with Crippen LogP contribution in [0.5, 0.6) is 5.75 Å². The van der Waals surface area contributed by atoms with E-state index < -0.39 is 11.0 Å². The van der Waals surface area contributed by atoms with E-state index in [9.17, 15) is 9.90 Å². The largest absolute Gasteiger partial charge is 0.485 e. The van der Waals surface area contributed by atoms with Gasteiger partial charge in [0.15, 0.2) is 0 Å². The molecule has 5 nitrogen and oxygen atoms in total. The molecule has 149 valence electrons. The lowest BCUT2D eigenvalue weighted by molar-refractivity contribution is -0.216. The number of ether oxygens (including phenoxy) is 2. The van der Waals surface area contributed by atoms with E-state index in [1.165, 1.54) is 31.7 Å². The van der Waals surface area contributed by atoms with Gasteiger partial charge in [-0.25, -0.2) is 0 Å². The van der Waals surface area contributed by atoms with Crippen LogP contribution in [0.25, 0.3) is 0 Å². The fourth-order valence-electron chi connectivity index (χ4n) is 7.03. The number of carbonyl (C=O) groups excluding carboxylic acids is 1. The zero-order chi connectivity index (χ0) is 19.1. The first-order valence-corrected chi connectivity index (χ1v) is 10.9. The fourth-order valence-corrected chi connectivity index (χ4v) is 7.03. The van der Waals surface area contributed by atoms with Gasteiger partial charge in [0.05, 0.1) is 11.0 Å². The average molecular weight is 382 g/mol. The molecule has 1 saturated heterocycles. The van der Waals surface area contributed by atoms with Crippen molar-refractivity contribution in [3.8, 4) is 5.75 Å². The van der Waals surface area contributed by atoms with E-state index >= 15 is 0 Å². The third kappa shape index (κ3) is 2.02. The molecule has 28 heavy (non-hydrogen) atoms. The average Bonchev–Trinajstić information content (AvgIpc) is 2.96. The van der Waals surface area contributed by atoms with Crippen LogP contribution in [0, 0.1) is 12.0 Å². The van der Waals surface area contributed by atoms with Gasteiger partial charge >= 0.3 is 5.97 Å². The summed E-state index contributed by atoms with van der Waals surface area (Å²) in [7, 11) is 0. The van der Waals surface area contributed by atoms with E-state index in [2.05, 4.69) is 17.0 Å². The highest BCUT2D eigenvalue weighted by Gasteiger charge is 2.73. The molecule has 2 aliphatic heterocycles. The monoisotopic (exact) mass is 382 g/mol. The summed E-state index contributed by atoms with van der Waals surface area (Å²) in [5, 5.41) is 12.3. The van der Waals surface area contributed by atoms with Crippen LogP contribution < -0.4 is 4.74 Å². The first-order valence-electron chi connectivity index (χ1n) is 10.9. The summed E-state index contributed by atoms with van der Waals surface area (Å²) >= 11 is 0. The number of piperidine rings is 1. The molecule has 1 radical (unpaired) electrons. The topological polar surface area (TPSA) is 59.0 Å². The van der Waals surface area contributed by atoms with Gasteiger partial charge in [0, 0.05) is 31.1 Å². The highest BCUT2D eigenvalue weighted by molar-refractivity contribution is 5.66. The Balaban J connectivity index is 1.46. The van der Waals surface area contributed by atoms with Gasteiger partial charge in [-0.05, 0) is 56.6 Å². The maximum atomic E-state index is 12.3. The van der Waals surface area contributed by atoms with Crippen molar-refractivity contribution in [3.05, 3.63) is 29.3 Å². The van der Waals surface area contributed by atoms with E-state index in [4.69, 9.17) is 9.47 Å². The summed E-state index contributed by atoms with van der Waals surface area (Å²) < 4.78 is 12.1. The summed E-state index contributed by atoms with van der Waals surface area (Å²) in [4.78, 5) is 14.3. The Morgan fingerprint density at radius 3 is 3.00 bits per heavy atom. The van der Waals surface area contributed by atoms with E-state index in [1.54, 1.807) is 0 Å². The molecule has 1 N–H and O–H groups in total. The Kier molecular flexibility index (Phi) is 3.54. The number of likely N-dealkylation sites (tertiary alicyclic amines) is 1. The Bertz CT molecular complexity index is 836. The summed E-state index contributed by atoms with van der Waals surface area (Å²) in [6.07, 6.45) is 6.41. The lowest BCUT2D eigenvalue weighted by atomic mass is 9.48. The molecule has 5 aliphatic rings. The second-order valence-corrected chi connectivity index (χ2v) is 9.59. The maximum Gasteiger partial charge on any atom is 0.303 e. The van der Waals surface area contributed by atoms with Crippen molar-refractivity contribution in [2.75, 3.05) is 13.1 Å². The molecule has 1 spiro atoms.